The minimum atomic E-state index is -0.544. The fourth-order valence-corrected chi connectivity index (χ4v) is 3.56. The number of ether oxygens (including phenoxy) is 1. The summed E-state index contributed by atoms with van der Waals surface area (Å²) in [6, 6.07) is 11.6. The number of rotatable bonds is 7. The third kappa shape index (κ3) is 5.40. The van der Waals surface area contributed by atoms with Crippen LogP contribution in [0.15, 0.2) is 42.5 Å². The van der Waals surface area contributed by atoms with Gasteiger partial charge in [0.2, 0.25) is 5.91 Å². The highest BCUT2D eigenvalue weighted by atomic mass is 16.6. The lowest BCUT2D eigenvalue weighted by Crippen LogP contribution is -2.32. The van der Waals surface area contributed by atoms with E-state index >= 15 is 0 Å². The molecule has 0 unspecified atom stereocenters. The van der Waals surface area contributed by atoms with E-state index in [0.29, 0.717) is 5.75 Å². The van der Waals surface area contributed by atoms with Gasteiger partial charge in [-0.1, -0.05) is 12.8 Å². The predicted molar refractivity (Wildman–Crippen MR) is 118 cm³/mol. The number of hydrogen-bond donors (Lipinski definition) is 2. The topological polar surface area (TPSA) is 96.7 Å². The molecule has 1 atom stereocenters. The van der Waals surface area contributed by atoms with E-state index in [9.17, 15) is 14.9 Å². The van der Waals surface area contributed by atoms with E-state index in [1.54, 1.807) is 6.92 Å². The van der Waals surface area contributed by atoms with Crippen molar-refractivity contribution >= 4 is 28.7 Å². The summed E-state index contributed by atoms with van der Waals surface area (Å²) >= 11 is 0. The number of nitro groups is 1. The first kappa shape index (κ1) is 21.4. The number of non-ortho nitro benzene ring substituents is 1. The van der Waals surface area contributed by atoms with Crippen LogP contribution in [0.5, 0.6) is 5.75 Å². The Labute approximate surface area is 176 Å². The molecule has 1 saturated heterocycles. The molecule has 0 bridgehead atoms. The van der Waals surface area contributed by atoms with Gasteiger partial charge in [-0.15, -0.1) is 0 Å². The smallest absolute Gasteiger partial charge is 0.271 e. The third-order valence-electron chi connectivity index (χ3n) is 5.27. The van der Waals surface area contributed by atoms with E-state index in [-0.39, 0.29) is 17.3 Å². The fraction of sp³-hybridized carbons (Fsp3) is 0.409. The maximum absolute atomic E-state index is 12.6. The lowest BCUT2D eigenvalue weighted by Gasteiger charge is -2.23. The van der Waals surface area contributed by atoms with Crippen molar-refractivity contribution in [3.8, 4) is 5.75 Å². The van der Waals surface area contributed by atoms with E-state index in [4.69, 9.17) is 4.74 Å². The number of nitrogens with zero attached hydrogens (tertiary/aromatic N) is 2. The number of carbonyl (C=O) groups excluding carboxylic acids is 1. The summed E-state index contributed by atoms with van der Waals surface area (Å²) in [6.07, 6.45) is 5.02. The summed E-state index contributed by atoms with van der Waals surface area (Å²) in [7, 11) is 1.45. The molecule has 0 aliphatic carbocycles. The molecule has 2 N–H and O–H groups in total. The molecule has 0 radical (unpaired) electrons. The highest BCUT2D eigenvalue weighted by molar-refractivity contribution is 5.97. The van der Waals surface area contributed by atoms with Gasteiger partial charge in [-0.2, -0.15) is 0 Å². The van der Waals surface area contributed by atoms with Crippen LogP contribution < -0.4 is 20.3 Å². The van der Waals surface area contributed by atoms with Gasteiger partial charge >= 0.3 is 0 Å². The number of hydrogen-bond acceptors (Lipinski definition) is 6. The Morgan fingerprint density at radius 1 is 1.10 bits per heavy atom. The molecule has 3 rings (SSSR count). The van der Waals surface area contributed by atoms with Crippen LogP contribution in [0.1, 0.15) is 32.6 Å². The van der Waals surface area contributed by atoms with E-state index in [0.717, 1.165) is 18.8 Å². The Kier molecular flexibility index (Phi) is 7.11. The molecule has 1 aliphatic rings. The van der Waals surface area contributed by atoms with Gasteiger partial charge in [0.1, 0.15) is 11.8 Å². The Morgan fingerprint density at radius 2 is 1.77 bits per heavy atom. The van der Waals surface area contributed by atoms with E-state index in [2.05, 4.69) is 27.7 Å². The molecule has 1 amide bonds. The molecule has 2 aromatic carbocycles. The molecule has 1 aliphatic heterocycles. The van der Waals surface area contributed by atoms with Gasteiger partial charge in [-0.25, -0.2) is 0 Å². The van der Waals surface area contributed by atoms with Gasteiger partial charge in [0.15, 0.2) is 0 Å². The van der Waals surface area contributed by atoms with E-state index in [1.165, 1.54) is 56.7 Å². The molecule has 30 heavy (non-hydrogen) atoms. The number of amides is 1. The standard InChI is InChI=1S/C22H28N4O4/c1-16(22(27)24-20-15-19(26(28)29)11-12-21(20)30-2)23-17-7-9-18(10-8-17)25-13-5-3-4-6-14-25/h7-12,15-16,23H,3-6,13-14H2,1-2H3,(H,24,27)/t16-/m0/s1. The zero-order valence-corrected chi connectivity index (χ0v) is 17.4. The first-order valence-corrected chi connectivity index (χ1v) is 10.2. The van der Waals surface area contributed by atoms with Crippen LogP contribution in [-0.2, 0) is 4.79 Å². The SMILES string of the molecule is COc1ccc([N+](=O)[O-])cc1NC(=O)[C@H](C)Nc1ccc(N2CCCCCC2)cc1. The molecule has 1 heterocycles. The predicted octanol–water partition coefficient (Wildman–Crippen LogP) is 4.42. The highest BCUT2D eigenvalue weighted by Gasteiger charge is 2.18. The van der Waals surface area contributed by atoms with Crippen molar-refractivity contribution < 1.29 is 14.5 Å². The van der Waals surface area contributed by atoms with Gasteiger partial charge < -0.3 is 20.3 Å². The summed E-state index contributed by atoms with van der Waals surface area (Å²) in [5, 5.41) is 16.9. The van der Waals surface area contributed by atoms with Crippen molar-refractivity contribution in [3.63, 3.8) is 0 Å². The summed E-state index contributed by atoms with van der Waals surface area (Å²) in [4.78, 5) is 25.5. The molecular formula is C22H28N4O4. The van der Waals surface area contributed by atoms with Crippen LogP contribution in [0.3, 0.4) is 0 Å². The van der Waals surface area contributed by atoms with Gasteiger partial charge in [0, 0.05) is 36.6 Å². The van der Waals surface area contributed by atoms with Crippen molar-refractivity contribution in [1.29, 1.82) is 0 Å². The molecule has 0 aromatic heterocycles. The molecule has 8 heteroatoms. The van der Waals surface area contributed by atoms with Crippen LogP contribution in [0.4, 0.5) is 22.7 Å². The normalized spacial score (nSPS) is 15.1. The number of benzene rings is 2. The zero-order valence-electron chi connectivity index (χ0n) is 17.4. The molecule has 1 fully saturated rings. The van der Waals surface area contributed by atoms with Gasteiger partial charge in [-0.05, 0) is 50.1 Å². The summed E-state index contributed by atoms with van der Waals surface area (Å²) in [6.45, 7) is 3.90. The third-order valence-corrected chi connectivity index (χ3v) is 5.27. The van der Waals surface area contributed by atoms with E-state index < -0.39 is 11.0 Å². The van der Waals surface area contributed by atoms with Gasteiger partial charge in [0.05, 0.1) is 17.7 Å². The molecule has 8 nitrogen and oxygen atoms in total. The fourth-order valence-electron chi connectivity index (χ4n) is 3.56. The zero-order chi connectivity index (χ0) is 21.5. The van der Waals surface area contributed by atoms with Crippen LogP contribution in [-0.4, -0.2) is 37.1 Å². The first-order chi connectivity index (χ1) is 14.5. The van der Waals surface area contributed by atoms with Crippen molar-refractivity contribution in [3.05, 3.63) is 52.6 Å². The summed E-state index contributed by atoms with van der Waals surface area (Å²) in [5.74, 6) is 0.0494. The lowest BCUT2D eigenvalue weighted by molar-refractivity contribution is -0.384. The second-order valence-electron chi connectivity index (χ2n) is 7.45. The average molecular weight is 412 g/mol. The van der Waals surface area contributed by atoms with Crippen LogP contribution in [0, 0.1) is 10.1 Å². The van der Waals surface area contributed by atoms with Crippen LogP contribution in [0.25, 0.3) is 0 Å². The van der Waals surface area contributed by atoms with Crippen molar-refractivity contribution in [2.24, 2.45) is 0 Å². The second kappa shape index (κ2) is 9.96. The van der Waals surface area contributed by atoms with Crippen molar-refractivity contribution in [2.75, 3.05) is 35.7 Å². The van der Waals surface area contributed by atoms with Crippen molar-refractivity contribution in [2.45, 2.75) is 38.6 Å². The number of nitrogens with one attached hydrogen (secondary N) is 2. The molecule has 0 saturated carbocycles. The quantitative estimate of drug-likeness (QED) is 0.516. The Balaban J connectivity index is 1.63. The van der Waals surface area contributed by atoms with Gasteiger partial charge in [-0.3, -0.25) is 14.9 Å². The summed E-state index contributed by atoms with van der Waals surface area (Å²) in [5.41, 5.74) is 2.18. The number of methoxy groups -OCH3 is 1. The minimum absolute atomic E-state index is 0.115. The highest BCUT2D eigenvalue weighted by Crippen LogP contribution is 2.29. The lowest BCUT2D eigenvalue weighted by atomic mass is 10.2. The molecule has 2 aromatic rings. The Bertz CT molecular complexity index is 877. The monoisotopic (exact) mass is 412 g/mol. The van der Waals surface area contributed by atoms with E-state index in [1.807, 2.05) is 12.1 Å². The second-order valence-corrected chi connectivity index (χ2v) is 7.45. The maximum Gasteiger partial charge on any atom is 0.271 e. The molecular weight excluding hydrogens is 384 g/mol. The van der Waals surface area contributed by atoms with Crippen LogP contribution >= 0.6 is 0 Å². The van der Waals surface area contributed by atoms with Gasteiger partial charge in [0.25, 0.3) is 5.69 Å². The minimum Gasteiger partial charge on any atom is -0.495 e. The van der Waals surface area contributed by atoms with Crippen LogP contribution in [0.2, 0.25) is 0 Å². The number of anilines is 3. The number of nitro benzene ring substituents is 1. The molecule has 0 spiro atoms. The first-order valence-electron chi connectivity index (χ1n) is 10.2. The average Bonchev–Trinajstić information content (AvgIpc) is 3.03. The Hall–Kier alpha value is -3.29. The summed E-state index contributed by atoms with van der Waals surface area (Å²) < 4.78 is 5.20. The Morgan fingerprint density at radius 3 is 2.37 bits per heavy atom. The maximum atomic E-state index is 12.6. The molecule has 160 valence electrons. The van der Waals surface area contributed by atoms with Crippen molar-refractivity contribution in [1.82, 2.24) is 0 Å². The largest absolute Gasteiger partial charge is 0.495 e. The number of carbonyl (C=O) groups is 1.